The molecular weight excluding hydrogens is 162 g/mol. The Balaban J connectivity index is 2.32. The van der Waals surface area contributed by atoms with Gasteiger partial charge in [0.25, 0.3) is 0 Å². The Bertz CT molecular complexity index is 257. The van der Waals surface area contributed by atoms with Crippen molar-refractivity contribution in [3.05, 3.63) is 23.7 Å². The summed E-state index contributed by atoms with van der Waals surface area (Å²) in [6.07, 6.45) is 1.74. The van der Waals surface area contributed by atoms with Gasteiger partial charge in [-0.15, -0.1) is 0 Å². The van der Waals surface area contributed by atoms with E-state index in [0.717, 1.165) is 18.8 Å². The molecule has 0 spiro atoms. The predicted molar refractivity (Wildman–Crippen MR) is 54.6 cm³/mol. The number of hydrogen-bond donors (Lipinski definition) is 1. The maximum atomic E-state index is 5.32. The van der Waals surface area contributed by atoms with Gasteiger partial charge in [0.15, 0.2) is 0 Å². The van der Waals surface area contributed by atoms with Crippen molar-refractivity contribution in [2.24, 2.45) is 5.41 Å². The molecule has 0 aliphatic rings. The Morgan fingerprint density at radius 2 is 2.08 bits per heavy atom. The summed E-state index contributed by atoms with van der Waals surface area (Å²) in [7, 11) is 0. The van der Waals surface area contributed by atoms with Gasteiger partial charge >= 0.3 is 0 Å². The standard InChI is InChI=1S/C11H19NO/c1-9-5-6-13-10(9)7-12-8-11(2,3)4/h5-6,12H,7-8H2,1-4H3. The van der Waals surface area contributed by atoms with E-state index in [9.17, 15) is 0 Å². The van der Waals surface area contributed by atoms with Gasteiger partial charge in [-0.3, -0.25) is 0 Å². The molecule has 0 atom stereocenters. The first kappa shape index (κ1) is 10.3. The van der Waals surface area contributed by atoms with Gasteiger partial charge in [0.05, 0.1) is 12.8 Å². The smallest absolute Gasteiger partial charge is 0.120 e. The van der Waals surface area contributed by atoms with Gasteiger partial charge in [-0.1, -0.05) is 20.8 Å². The van der Waals surface area contributed by atoms with Crippen molar-refractivity contribution in [2.75, 3.05) is 6.54 Å². The molecule has 1 aromatic heterocycles. The fourth-order valence-electron chi connectivity index (χ4n) is 1.14. The van der Waals surface area contributed by atoms with Crippen molar-refractivity contribution < 1.29 is 4.42 Å². The zero-order valence-corrected chi connectivity index (χ0v) is 8.98. The summed E-state index contributed by atoms with van der Waals surface area (Å²) in [5.74, 6) is 1.05. The molecule has 0 unspecified atom stereocenters. The van der Waals surface area contributed by atoms with Crippen LogP contribution in [0.2, 0.25) is 0 Å². The SMILES string of the molecule is Cc1ccoc1CNCC(C)(C)C. The van der Waals surface area contributed by atoms with Gasteiger partial charge in [-0.2, -0.15) is 0 Å². The molecule has 1 aromatic rings. The van der Waals surface area contributed by atoms with Gasteiger partial charge in [0.2, 0.25) is 0 Å². The molecular formula is C11H19NO. The van der Waals surface area contributed by atoms with Crippen LogP contribution in [0, 0.1) is 12.3 Å². The predicted octanol–water partition coefficient (Wildman–Crippen LogP) is 2.72. The molecule has 0 radical (unpaired) electrons. The number of rotatable bonds is 3. The summed E-state index contributed by atoms with van der Waals surface area (Å²) in [6.45, 7) is 10.6. The molecule has 74 valence electrons. The van der Waals surface area contributed by atoms with Crippen LogP contribution in [0.25, 0.3) is 0 Å². The van der Waals surface area contributed by atoms with E-state index in [1.54, 1.807) is 6.26 Å². The van der Waals surface area contributed by atoms with Crippen LogP contribution in [0.5, 0.6) is 0 Å². The van der Waals surface area contributed by atoms with E-state index < -0.39 is 0 Å². The van der Waals surface area contributed by atoms with Gasteiger partial charge in [0.1, 0.15) is 5.76 Å². The Morgan fingerprint density at radius 3 is 2.54 bits per heavy atom. The number of aryl methyl sites for hydroxylation is 1. The fraction of sp³-hybridized carbons (Fsp3) is 0.636. The quantitative estimate of drug-likeness (QED) is 0.775. The van der Waals surface area contributed by atoms with Gasteiger partial charge in [-0.05, 0) is 24.0 Å². The summed E-state index contributed by atoms with van der Waals surface area (Å²) in [5, 5.41) is 3.37. The minimum Gasteiger partial charge on any atom is -0.468 e. The third-order valence-electron chi connectivity index (χ3n) is 1.91. The molecule has 0 aromatic carbocycles. The lowest BCUT2D eigenvalue weighted by atomic mass is 9.97. The minimum absolute atomic E-state index is 0.334. The zero-order chi connectivity index (χ0) is 9.90. The second-order valence-electron chi connectivity index (χ2n) is 4.69. The van der Waals surface area contributed by atoms with E-state index in [-0.39, 0.29) is 0 Å². The van der Waals surface area contributed by atoms with Crippen LogP contribution in [-0.2, 0) is 6.54 Å². The third kappa shape index (κ3) is 3.64. The van der Waals surface area contributed by atoms with Crippen LogP contribution in [0.15, 0.2) is 16.7 Å². The van der Waals surface area contributed by atoms with E-state index in [1.807, 2.05) is 6.07 Å². The van der Waals surface area contributed by atoms with Crippen molar-refractivity contribution >= 4 is 0 Å². The van der Waals surface area contributed by atoms with E-state index in [0.29, 0.717) is 5.41 Å². The van der Waals surface area contributed by atoms with Crippen molar-refractivity contribution in [3.8, 4) is 0 Å². The zero-order valence-electron chi connectivity index (χ0n) is 8.98. The average Bonchev–Trinajstić information content (AvgIpc) is 2.34. The maximum absolute atomic E-state index is 5.32. The van der Waals surface area contributed by atoms with Crippen LogP contribution in [0.1, 0.15) is 32.1 Å². The summed E-state index contributed by atoms with van der Waals surface area (Å²) in [6, 6.07) is 1.99. The first-order chi connectivity index (χ1) is 5.99. The summed E-state index contributed by atoms with van der Waals surface area (Å²) in [5.41, 5.74) is 1.56. The highest BCUT2D eigenvalue weighted by molar-refractivity contribution is 5.14. The third-order valence-corrected chi connectivity index (χ3v) is 1.91. The van der Waals surface area contributed by atoms with Crippen LogP contribution in [-0.4, -0.2) is 6.54 Å². The van der Waals surface area contributed by atoms with Crippen molar-refractivity contribution in [1.29, 1.82) is 0 Å². The number of hydrogen-bond acceptors (Lipinski definition) is 2. The molecule has 0 amide bonds. The normalized spacial score (nSPS) is 12.0. The summed E-state index contributed by atoms with van der Waals surface area (Å²) >= 11 is 0. The van der Waals surface area contributed by atoms with Gasteiger partial charge in [0, 0.05) is 6.54 Å². The topological polar surface area (TPSA) is 25.2 Å². The summed E-state index contributed by atoms with van der Waals surface area (Å²) < 4.78 is 5.32. The van der Waals surface area contributed by atoms with Crippen molar-refractivity contribution in [3.63, 3.8) is 0 Å². The Morgan fingerprint density at radius 1 is 1.38 bits per heavy atom. The Hall–Kier alpha value is -0.760. The monoisotopic (exact) mass is 181 g/mol. The first-order valence-corrected chi connectivity index (χ1v) is 4.73. The van der Waals surface area contributed by atoms with Gasteiger partial charge < -0.3 is 9.73 Å². The number of furan rings is 1. The lowest BCUT2D eigenvalue weighted by Crippen LogP contribution is -2.26. The number of nitrogens with one attached hydrogen (secondary N) is 1. The highest BCUT2D eigenvalue weighted by atomic mass is 16.3. The molecule has 1 heterocycles. The first-order valence-electron chi connectivity index (χ1n) is 4.73. The van der Waals surface area contributed by atoms with E-state index in [1.165, 1.54) is 5.56 Å². The molecule has 0 bridgehead atoms. The molecule has 2 nitrogen and oxygen atoms in total. The highest BCUT2D eigenvalue weighted by Gasteiger charge is 2.09. The molecule has 0 aliphatic carbocycles. The Kier molecular flexibility index (Phi) is 3.15. The van der Waals surface area contributed by atoms with E-state index >= 15 is 0 Å². The molecule has 0 saturated heterocycles. The molecule has 0 saturated carbocycles. The van der Waals surface area contributed by atoms with Crippen molar-refractivity contribution in [2.45, 2.75) is 34.2 Å². The second-order valence-corrected chi connectivity index (χ2v) is 4.69. The lowest BCUT2D eigenvalue weighted by Gasteiger charge is -2.18. The van der Waals surface area contributed by atoms with Gasteiger partial charge in [-0.25, -0.2) is 0 Å². The van der Waals surface area contributed by atoms with E-state index in [2.05, 4.69) is 33.0 Å². The fourth-order valence-corrected chi connectivity index (χ4v) is 1.14. The molecule has 0 aliphatic heterocycles. The van der Waals surface area contributed by atoms with Crippen molar-refractivity contribution in [1.82, 2.24) is 5.32 Å². The summed E-state index contributed by atoms with van der Waals surface area (Å²) in [4.78, 5) is 0. The largest absolute Gasteiger partial charge is 0.468 e. The maximum Gasteiger partial charge on any atom is 0.120 e. The van der Waals surface area contributed by atoms with Crippen LogP contribution in [0.3, 0.4) is 0 Å². The molecule has 0 fully saturated rings. The average molecular weight is 181 g/mol. The van der Waals surface area contributed by atoms with Crippen LogP contribution < -0.4 is 5.32 Å². The highest BCUT2D eigenvalue weighted by Crippen LogP contribution is 2.12. The van der Waals surface area contributed by atoms with E-state index in [4.69, 9.17) is 4.42 Å². The molecule has 1 N–H and O–H groups in total. The van der Waals surface area contributed by atoms with Crippen LogP contribution in [0.4, 0.5) is 0 Å². The Labute approximate surface area is 80.3 Å². The van der Waals surface area contributed by atoms with Crippen LogP contribution >= 0.6 is 0 Å². The molecule has 1 rings (SSSR count). The molecule has 2 heteroatoms. The second kappa shape index (κ2) is 3.97. The minimum atomic E-state index is 0.334. The molecule has 13 heavy (non-hydrogen) atoms. The lowest BCUT2D eigenvalue weighted by molar-refractivity contribution is 0.366.